The van der Waals surface area contributed by atoms with Crippen LogP contribution in [-0.2, 0) is 17.6 Å². The molecule has 0 bridgehead atoms. The number of rotatable bonds is 9. The van der Waals surface area contributed by atoms with E-state index in [-0.39, 0.29) is 18.4 Å². The number of ether oxygens (including phenoxy) is 1. The Morgan fingerprint density at radius 2 is 1.97 bits per heavy atom. The molecule has 0 fully saturated rings. The van der Waals surface area contributed by atoms with Crippen molar-refractivity contribution in [3.8, 4) is 5.75 Å². The molecule has 4 aromatic rings. The van der Waals surface area contributed by atoms with Gasteiger partial charge in [-0.05, 0) is 36.4 Å². The lowest BCUT2D eigenvalue weighted by atomic mass is 10.1. The fraction of sp³-hybridized carbons (Fsp3) is 0.174. The van der Waals surface area contributed by atoms with Crippen molar-refractivity contribution < 1.29 is 9.53 Å². The first-order chi connectivity index (χ1) is 15.6. The average molecular weight is 447 g/mol. The van der Waals surface area contributed by atoms with Crippen LogP contribution in [0.1, 0.15) is 18.2 Å². The Hall–Kier alpha value is -3.72. The van der Waals surface area contributed by atoms with Crippen molar-refractivity contribution in [2.24, 2.45) is 0 Å². The predicted molar refractivity (Wildman–Crippen MR) is 122 cm³/mol. The number of H-pyrrole nitrogens is 1. The molecule has 32 heavy (non-hydrogen) atoms. The van der Waals surface area contributed by atoms with E-state index in [1.165, 1.54) is 23.7 Å². The van der Waals surface area contributed by atoms with Gasteiger partial charge in [0.2, 0.25) is 5.91 Å². The summed E-state index contributed by atoms with van der Waals surface area (Å²) in [5, 5.41) is 10.7. The molecule has 8 nitrogen and oxygen atoms in total. The zero-order valence-corrected chi connectivity index (χ0v) is 18.2. The molecule has 2 N–H and O–H groups in total. The van der Waals surface area contributed by atoms with Gasteiger partial charge in [-0.25, -0.2) is 15.0 Å². The number of hydrogen-bond donors (Lipinski definition) is 2. The van der Waals surface area contributed by atoms with E-state index in [0.717, 1.165) is 6.42 Å². The number of aromatic nitrogens is 5. The van der Waals surface area contributed by atoms with Gasteiger partial charge in [-0.15, -0.1) is 0 Å². The SMILES string of the molecule is C[C@@H](Cc1ccccc1)Oc1cc(CC(=O)Nc2ccccn2)nc(Sc2ncn[nH]2)c1. The zero-order chi connectivity index (χ0) is 22.2. The molecule has 0 aliphatic rings. The van der Waals surface area contributed by atoms with Crippen LogP contribution >= 0.6 is 11.8 Å². The van der Waals surface area contributed by atoms with Crippen LogP contribution in [0.4, 0.5) is 5.82 Å². The lowest BCUT2D eigenvalue weighted by Gasteiger charge is -2.16. The predicted octanol–water partition coefficient (Wildman–Crippen LogP) is 3.94. The van der Waals surface area contributed by atoms with E-state index < -0.39 is 0 Å². The zero-order valence-electron chi connectivity index (χ0n) is 17.4. The summed E-state index contributed by atoms with van der Waals surface area (Å²) in [7, 11) is 0. The minimum absolute atomic E-state index is 0.0573. The molecule has 3 heterocycles. The summed E-state index contributed by atoms with van der Waals surface area (Å²) in [5.74, 6) is 0.935. The second kappa shape index (κ2) is 10.5. The molecule has 0 saturated heterocycles. The highest BCUT2D eigenvalue weighted by atomic mass is 32.2. The van der Waals surface area contributed by atoms with Gasteiger partial charge in [0, 0.05) is 24.8 Å². The quantitative estimate of drug-likeness (QED) is 0.401. The maximum Gasteiger partial charge on any atom is 0.231 e. The molecule has 1 aromatic carbocycles. The molecule has 0 aliphatic heterocycles. The summed E-state index contributed by atoms with van der Waals surface area (Å²) in [4.78, 5) is 25.4. The van der Waals surface area contributed by atoms with Crippen LogP contribution in [0.25, 0.3) is 0 Å². The Labute approximate surface area is 189 Å². The molecular formula is C23H22N6O2S. The summed E-state index contributed by atoms with van der Waals surface area (Å²) < 4.78 is 6.18. The van der Waals surface area contributed by atoms with Gasteiger partial charge in [-0.3, -0.25) is 9.89 Å². The number of aromatic amines is 1. The van der Waals surface area contributed by atoms with E-state index >= 15 is 0 Å². The summed E-state index contributed by atoms with van der Waals surface area (Å²) in [6, 6.07) is 19.2. The number of amides is 1. The maximum absolute atomic E-state index is 12.5. The smallest absolute Gasteiger partial charge is 0.231 e. The molecule has 4 rings (SSSR count). The molecule has 9 heteroatoms. The Balaban J connectivity index is 1.50. The fourth-order valence-corrected chi connectivity index (χ4v) is 3.83. The third kappa shape index (κ3) is 6.39. The summed E-state index contributed by atoms with van der Waals surface area (Å²) in [6.07, 6.45) is 3.86. The first-order valence-electron chi connectivity index (χ1n) is 10.1. The highest BCUT2D eigenvalue weighted by Crippen LogP contribution is 2.27. The molecule has 0 radical (unpaired) electrons. The number of anilines is 1. The molecular weight excluding hydrogens is 424 g/mol. The number of pyridine rings is 2. The lowest BCUT2D eigenvalue weighted by Crippen LogP contribution is -2.17. The number of nitrogens with one attached hydrogen (secondary N) is 2. The van der Waals surface area contributed by atoms with Crippen LogP contribution in [0.5, 0.6) is 5.75 Å². The average Bonchev–Trinajstić information content (AvgIpc) is 3.28. The Morgan fingerprint density at radius 3 is 2.72 bits per heavy atom. The van der Waals surface area contributed by atoms with Gasteiger partial charge in [0.15, 0.2) is 5.16 Å². The number of benzene rings is 1. The molecule has 1 atom stereocenters. The number of hydrogen-bond acceptors (Lipinski definition) is 7. The minimum Gasteiger partial charge on any atom is -0.490 e. The van der Waals surface area contributed by atoms with Crippen molar-refractivity contribution >= 4 is 23.5 Å². The first kappa shape index (κ1) is 21.5. The lowest BCUT2D eigenvalue weighted by molar-refractivity contribution is -0.115. The Kier molecular flexibility index (Phi) is 7.08. The Morgan fingerprint density at radius 1 is 1.12 bits per heavy atom. The molecule has 0 spiro atoms. The maximum atomic E-state index is 12.5. The van der Waals surface area contributed by atoms with Gasteiger partial charge in [0.05, 0.1) is 18.2 Å². The van der Waals surface area contributed by atoms with Crippen LogP contribution in [0, 0.1) is 0 Å². The van der Waals surface area contributed by atoms with Crippen molar-refractivity contribution in [2.45, 2.75) is 36.1 Å². The molecule has 3 aromatic heterocycles. The monoisotopic (exact) mass is 446 g/mol. The Bertz CT molecular complexity index is 1140. The van der Waals surface area contributed by atoms with Crippen LogP contribution in [-0.4, -0.2) is 37.2 Å². The van der Waals surface area contributed by atoms with Crippen molar-refractivity contribution in [3.05, 3.63) is 84.4 Å². The van der Waals surface area contributed by atoms with E-state index in [4.69, 9.17) is 4.74 Å². The molecule has 0 unspecified atom stereocenters. The van der Waals surface area contributed by atoms with E-state index in [1.54, 1.807) is 24.4 Å². The molecule has 1 amide bonds. The van der Waals surface area contributed by atoms with Gasteiger partial charge >= 0.3 is 0 Å². The van der Waals surface area contributed by atoms with E-state index in [9.17, 15) is 4.79 Å². The molecule has 0 aliphatic carbocycles. The normalized spacial score (nSPS) is 11.7. The highest BCUT2D eigenvalue weighted by molar-refractivity contribution is 7.99. The van der Waals surface area contributed by atoms with Gasteiger partial charge in [0.1, 0.15) is 22.9 Å². The van der Waals surface area contributed by atoms with E-state index in [0.29, 0.717) is 27.4 Å². The van der Waals surface area contributed by atoms with Crippen LogP contribution in [0.15, 0.2) is 83.4 Å². The van der Waals surface area contributed by atoms with Crippen molar-refractivity contribution in [2.75, 3.05) is 5.32 Å². The van der Waals surface area contributed by atoms with Gasteiger partial charge in [0.25, 0.3) is 0 Å². The van der Waals surface area contributed by atoms with Crippen LogP contribution in [0.2, 0.25) is 0 Å². The minimum atomic E-state index is -0.207. The van der Waals surface area contributed by atoms with Crippen molar-refractivity contribution in [1.29, 1.82) is 0 Å². The van der Waals surface area contributed by atoms with E-state index in [1.807, 2.05) is 37.3 Å². The van der Waals surface area contributed by atoms with Gasteiger partial charge in [-0.2, -0.15) is 5.10 Å². The molecule has 0 saturated carbocycles. The summed E-state index contributed by atoms with van der Waals surface area (Å²) in [6.45, 7) is 2.02. The number of nitrogens with zero attached hydrogens (tertiary/aromatic N) is 4. The van der Waals surface area contributed by atoms with Crippen molar-refractivity contribution in [3.63, 3.8) is 0 Å². The van der Waals surface area contributed by atoms with Crippen LogP contribution < -0.4 is 10.1 Å². The van der Waals surface area contributed by atoms with Crippen LogP contribution in [0.3, 0.4) is 0 Å². The number of carbonyl (C=O) groups excluding carboxylic acids is 1. The van der Waals surface area contributed by atoms with E-state index in [2.05, 4.69) is 42.6 Å². The highest BCUT2D eigenvalue weighted by Gasteiger charge is 2.13. The molecule has 162 valence electrons. The number of carbonyl (C=O) groups is 1. The topological polar surface area (TPSA) is 106 Å². The second-order valence-corrected chi connectivity index (χ2v) is 8.09. The van der Waals surface area contributed by atoms with Gasteiger partial charge in [-0.1, -0.05) is 36.4 Å². The third-order valence-electron chi connectivity index (χ3n) is 4.40. The van der Waals surface area contributed by atoms with Gasteiger partial charge < -0.3 is 10.1 Å². The largest absolute Gasteiger partial charge is 0.490 e. The second-order valence-electron chi connectivity index (χ2n) is 7.08. The summed E-state index contributed by atoms with van der Waals surface area (Å²) in [5.41, 5.74) is 1.78. The fourth-order valence-electron chi connectivity index (χ4n) is 3.10. The van der Waals surface area contributed by atoms with Crippen molar-refractivity contribution in [1.82, 2.24) is 25.1 Å². The first-order valence-corrected chi connectivity index (χ1v) is 10.9. The standard InChI is InChI=1S/C23H22N6O2S/c1-16(11-17-7-3-2-4-8-17)31-19-12-18(13-21(30)28-20-9-5-6-10-24-20)27-22(14-19)32-23-25-15-26-29-23/h2-10,12,14-16H,11,13H2,1H3,(H,24,28,30)(H,25,26,29)/t16-/m0/s1. The summed E-state index contributed by atoms with van der Waals surface area (Å²) >= 11 is 1.32. The third-order valence-corrected chi connectivity index (χ3v) is 5.21.